The molecule has 1 rings (SSSR count). The van der Waals surface area contributed by atoms with Gasteiger partial charge in [0, 0.05) is 6.92 Å². The lowest BCUT2D eigenvalue weighted by atomic mass is 10.0. The van der Waals surface area contributed by atoms with Crippen molar-refractivity contribution >= 4 is 5.97 Å². The number of esters is 1. The van der Waals surface area contributed by atoms with E-state index >= 15 is 0 Å². The maximum absolute atomic E-state index is 13.4. The Hall–Kier alpha value is -1.52. The number of rotatable bonds is 4. The second kappa shape index (κ2) is 5.21. The van der Waals surface area contributed by atoms with E-state index < -0.39 is 23.3 Å². The van der Waals surface area contributed by atoms with Crippen molar-refractivity contribution in [2.45, 2.75) is 26.2 Å². The van der Waals surface area contributed by atoms with Crippen LogP contribution in [0.5, 0.6) is 0 Å². The third-order valence-corrected chi connectivity index (χ3v) is 2.16. The minimum Gasteiger partial charge on any atom is -0.466 e. The topological polar surface area (TPSA) is 26.3 Å². The van der Waals surface area contributed by atoms with Crippen LogP contribution < -0.4 is 0 Å². The molecule has 0 spiro atoms. The van der Waals surface area contributed by atoms with Crippen molar-refractivity contribution in [2.75, 3.05) is 6.61 Å². The molecule has 17 heavy (non-hydrogen) atoms. The molecular formula is C12H13F3O2. The van der Waals surface area contributed by atoms with Gasteiger partial charge in [0.15, 0.2) is 0 Å². The van der Waals surface area contributed by atoms with Crippen LogP contribution >= 0.6 is 0 Å². The first-order valence-corrected chi connectivity index (χ1v) is 5.17. The van der Waals surface area contributed by atoms with Crippen LogP contribution in [0.2, 0.25) is 0 Å². The Kier molecular flexibility index (Phi) is 4.15. The van der Waals surface area contributed by atoms with Crippen molar-refractivity contribution in [3.8, 4) is 0 Å². The predicted molar refractivity (Wildman–Crippen MR) is 56.3 cm³/mol. The fourth-order valence-electron chi connectivity index (χ4n) is 1.40. The molecule has 0 heterocycles. The molecule has 0 atom stereocenters. The van der Waals surface area contributed by atoms with Gasteiger partial charge >= 0.3 is 5.97 Å². The molecule has 0 radical (unpaired) electrons. The van der Waals surface area contributed by atoms with Crippen LogP contribution in [-0.2, 0) is 21.9 Å². The summed E-state index contributed by atoms with van der Waals surface area (Å²) in [4.78, 5) is 11.1. The Morgan fingerprint density at radius 1 is 1.41 bits per heavy atom. The minimum atomic E-state index is -3.23. The lowest BCUT2D eigenvalue weighted by Gasteiger charge is -2.12. The van der Waals surface area contributed by atoms with Gasteiger partial charge in [0.1, 0.15) is 5.82 Å². The first-order chi connectivity index (χ1) is 7.84. The molecule has 2 nitrogen and oxygen atoms in total. The molecule has 0 saturated carbocycles. The van der Waals surface area contributed by atoms with E-state index in [2.05, 4.69) is 4.74 Å². The van der Waals surface area contributed by atoms with E-state index in [1.165, 1.54) is 6.07 Å². The van der Waals surface area contributed by atoms with Crippen molar-refractivity contribution in [3.63, 3.8) is 0 Å². The number of alkyl halides is 2. The third kappa shape index (κ3) is 3.76. The molecule has 0 fully saturated rings. The second-order valence-corrected chi connectivity index (χ2v) is 3.68. The normalized spacial score (nSPS) is 11.4. The minimum absolute atomic E-state index is 0.125. The fraction of sp³-hybridized carbons (Fsp3) is 0.417. The molecule has 0 unspecified atom stereocenters. The molecule has 0 aromatic heterocycles. The quantitative estimate of drug-likeness (QED) is 0.763. The standard InChI is InChI=1S/C12H13F3O2/c1-3-17-11(16)7-8-4-5-9(10(13)6-8)12(2,14)15/h4-6H,3,7H2,1-2H3. The summed E-state index contributed by atoms with van der Waals surface area (Å²) in [5, 5.41) is 0. The first-order valence-electron chi connectivity index (χ1n) is 5.17. The predicted octanol–water partition coefficient (Wildman–Crippen LogP) is 3.04. The average molecular weight is 246 g/mol. The summed E-state index contributed by atoms with van der Waals surface area (Å²) in [6.45, 7) is 2.50. The molecule has 94 valence electrons. The summed E-state index contributed by atoms with van der Waals surface area (Å²) in [7, 11) is 0. The molecule has 0 aliphatic carbocycles. The van der Waals surface area contributed by atoms with E-state index in [1.54, 1.807) is 6.92 Å². The molecule has 0 bridgehead atoms. The largest absolute Gasteiger partial charge is 0.466 e. The highest BCUT2D eigenvalue weighted by atomic mass is 19.3. The summed E-state index contributed by atoms with van der Waals surface area (Å²) >= 11 is 0. The van der Waals surface area contributed by atoms with E-state index in [-0.39, 0.29) is 13.0 Å². The van der Waals surface area contributed by atoms with Crippen LogP contribution in [-0.4, -0.2) is 12.6 Å². The summed E-state index contributed by atoms with van der Waals surface area (Å²) in [6.07, 6.45) is -0.125. The Morgan fingerprint density at radius 3 is 2.53 bits per heavy atom. The van der Waals surface area contributed by atoms with Gasteiger partial charge < -0.3 is 4.74 Å². The maximum Gasteiger partial charge on any atom is 0.310 e. The molecular weight excluding hydrogens is 233 g/mol. The van der Waals surface area contributed by atoms with Crippen molar-refractivity contribution in [1.29, 1.82) is 0 Å². The van der Waals surface area contributed by atoms with Crippen LogP contribution in [0.25, 0.3) is 0 Å². The van der Waals surface area contributed by atoms with E-state index in [9.17, 15) is 18.0 Å². The van der Waals surface area contributed by atoms with Crippen molar-refractivity contribution in [1.82, 2.24) is 0 Å². The lowest BCUT2D eigenvalue weighted by Crippen LogP contribution is -2.12. The molecule has 5 heteroatoms. The number of benzene rings is 1. The van der Waals surface area contributed by atoms with Gasteiger partial charge in [-0.3, -0.25) is 4.79 Å². The zero-order valence-corrected chi connectivity index (χ0v) is 9.60. The first kappa shape index (κ1) is 13.5. The summed E-state index contributed by atoms with van der Waals surface area (Å²) in [5.74, 6) is -4.76. The van der Waals surface area contributed by atoms with Crippen molar-refractivity contribution in [3.05, 3.63) is 35.1 Å². The number of hydrogen-bond donors (Lipinski definition) is 0. The summed E-state index contributed by atoms with van der Waals surface area (Å²) in [5.41, 5.74) is -0.362. The summed E-state index contributed by atoms with van der Waals surface area (Å²) in [6, 6.07) is 3.22. The highest BCUT2D eigenvalue weighted by Crippen LogP contribution is 2.29. The number of halogens is 3. The fourth-order valence-corrected chi connectivity index (χ4v) is 1.40. The number of ether oxygens (including phenoxy) is 1. The highest BCUT2D eigenvalue weighted by Gasteiger charge is 2.28. The average Bonchev–Trinajstić information content (AvgIpc) is 2.15. The monoisotopic (exact) mass is 246 g/mol. The maximum atomic E-state index is 13.4. The molecule has 0 amide bonds. The van der Waals surface area contributed by atoms with Crippen LogP contribution in [0, 0.1) is 5.82 Å². The Labute approximate surface area is 97.4 Å². The van der Waals surface area contributed by atoms with Crippen LogP contribution in [0.15, 0.2) is 18.2 Å². The van der Waals surface area contributed by atoms with Gasteiger partial charge in [-0.15, -0.1) is 0 Å². The van der Waals surface area contributed by atoms with E-state index in [0.29, 0.717) is 12.5 Å². The van der Waals surface area contributed by atoms with Crippen LogP contribution in [0.1, 0.15) is 25.0 Å². The number of hydrogen-bond acceptors (Lipinski definition) is 2. The van der Waals surface area contributed by atoms with Gasteiger partial charge in [-0.25, -0.2) is 13.2 Å². The third-order valence-electron chi connectivity index (χ3n) is 2.16. The summed E-state index contributed by atoms with van der Waals surface area (Å²) < 4.78 is 43.8. The van der Waals surface area contributed by atoms with Gasteiger partial charge in [0.2, 0.25) is 0 Å². The molecule has 0 aliphatic heterocycles. The second-order valence-electron chi connectivity index (χ2n) is 3.68. The Bertz CT molecular complexity index is 411. The zero-order valence-electron chi connectivity index (χ0n) is 9.60. The van der Waals surface area contributed by atoms with Gasteiger partial charge in [-0.05, 0) is 24.6 Å². The Morgan fingerprint density at radius 2 is 2.06 bits per heavy atom. The van der Waals surface area contributed by atoms with Crippen molar-refractivity contribution < 1.29 is 22.7 Å². The lowest BCUT2D eigenvalue weighted by molar-refractivity contribution is -0.142. The van der Waals surface area contributed by atoms with Gasteiger partial charge in [0.05, 0.1) is 18.6 Å². The molecule has 1 aromatic carbocycles. The van der Waals surface area contributed by atoms with Crippen molar-refractivity contribution in [2.24, 2.45) is 0 Å². The SMILES string of the molecule is CCOC(=O)Cc1ccc(C(C)(F)F)c(F)c1. The Balaban J connectivity index is 2.86. The van der Waals surface area contributed by atoms with Crippen LogP contribution in [0.3, 0.4) is 0 Å². The van der Waals surface area contributed by atoms with Gasteiger partial charge in [0.25, 0.3) is 5.92 Å². The van der Waals surface area contributed by atoms with E-state index in [0.717, 1.165) is 12.1 Å². The van der Waals surface area contributed by atoms with E-state index in [1.807, 2.05) is 0 Å². The molecule has 0 aliphatic rings. The van der Waals surface area contributed by atoms with E-state index in [4.69, 9.17) is 0 Å². The number of carbonyl (C=O) groups excluding carboxylic acids is 1. The van der Waals surface area contributed by atoms with Crippen LogP contribution in [0.4, 0.5) is 13.2 Å². The smallest absolute Gasteiger partial charge is 0.310 e. The number of carbonyl (C=O) groups is 1. The molecule has 0 saturated heterocycles. The molecule has 0 N–H and O–H groups in total. The zero-order chi connectivity index (χ0) is 13.1. The van der Waals surface area contributed by atoms with Gasteiger partial charge in [-0.2, -0.15) is 0 Å². The van der Waals surface area contributed by atoms with Gasteiger partial charge in [-0.1, -0.05) is 6.07 Å². The highest BCUT2D eigenvalue weighted by molar-refractivity contribution is 5.72. The molecule has 1 aromatic rings.